The molecular weight excluding hydrogens is 530 g/mol. The Bertz CT molecular complexity index is 1310. The van der Waals surface area contributed by atoms with E-state index in [4.69, 9.17) is 19.3 Å². The second-order valence-corrected chi connectivity index (χ2v) is 10.8. The summed E-state index contributed by atoms with van der Waals surface area (Å²) >= 11 is 0. The number of benzene rings is 1. The molecule has 2 aliphatic heterocycles. The van der Waals surface area contributed by atoms with Gasteiger partial charge in [0.2, 0.25) is 0 Å². The molecule has 4 aliphatic rings. The summed E-state index contributed by atoms with van der Waals surface area (Å²) in [5.41, 5.74) is -0.574. The molecule has 5 rings (SSSR count). The molecule has 40 heavy (non-hydrogen) atoms. The van der Waals surface area contributed by atoms with E-state index in [-0.39, 0.29) is 29.7 Å². The number of likely N-dealkylation sites (N-methyl/N-ethyl adjacent to an activating group) is 1. The van der Waals surface area contributed by atoms with Crippen LogP contribution in [0.15, 0.2) is 24.0 Å². The van der Waals surface area contributed by atoms with E-state index >= 15 is 0 Å². The fourth-order valence-corrected chi connectivity index (χ4v) is 6.47. The number of aliphatic hydroxyl groups is 2. The number of phenols is 1. The molecule has 1 aromatic carbocycles. The van der Waals surface area contributed by atoms with Crippen molar-refractivity contribution in [2.75, 3.05) is 13.6 Å². The van der Waals surface area contributed by atoms with E-state index in [2.05, 4.69) is 9.64 Å². The second-order valence-electron chi connectivity index (χ2n) is 10.8. The molecule has 2 heterocycles. The van der Waals surface area contributed by atoms with Gasteiger partial charge in [-0.2, -0.15) is 0 Å². The summed E-state index contributed by atoms with van der Waals surface area (Å²) in [4.78, 5) is 49.9. The van der Waals surface area contributed by atoms with Gasteiger partial charge in [0.05, 0.1) is 17.4 Å². The van der Waals surface area contributed by atoms with Gasteiger partial charge < -0.3 is 44.3 Å². The van der Waals surface area contributed by atoms with Gasteiger partial charge in [-0.25, -0.2) is 14.4 Å². The zero-order chi connectivity index (χ0) is 29.1. The number of piperidine rings is 1. The number of likely N-dealkylation sites (tertiary alicyclic amines) is 1. The molecule has 2 aliphatic carbocycles. The first-order chi connectivity index (χ1) is 18.8. The maximum atomic E-state index is 12.8. The third-order valence-corrected chi connectivity index (χ3v) is 8.48. The third-order valence-electron chi connectivity index (χ3n) is 8.48. The Labute approximate surface area is 228 Å². The number of rotatable bonds is 8. The van der Waals surface area contributed by atoms with Crippen LogP contribution in [0.5, 0.6) is 11.5 Å². The zero-order valence-electron chi connectivity index (χ0n) is 22.2. The van der Waals surface area contributed by atoms with Gasteiger partial charge in [0.25, 0.3) is 0 Å². The minimum Gasteiger partial charge on any atom is -0.504 e. The fourth-order valence-electron chi connectivity index (χ4n) is 6.47. The van der Waals surface area contributed by atoms with Crippen molar-refractivity contribution in [3.63, 3.8) is 0 Å². The molecule has 13 nitrogen and oxygen atoms in total. The molecule has 0 radical (unpaired) electrons. The molecule has 13 heteroatoms. The van der Waals surface area contributed by atoms with Crippen LogP contribution < -0.4 is 4.74 Å². The SMILES string of the molecule is C[C@H](OC(=O)[C@H](C)OC(=O)[C@@H](O)CC(=O)OC1=CC[C@@]2(O)[C@@H]3Cc4ccc(O)c5c4[C@@]2(CCN3C)[C@H]1O5)C(=O)O. The average molecular weight is 562 g/mol. The quantitative estimate of drug-likeness (QED) is 0.244. The van der Waals surface area contributed by atoms with Crippen LogP contribution in [0.4, 0.5) is 0 Å². The van der Waals surface area contributed by atoms with Crippen LogP contribution in [0.3, 0.4) is 0 Å². The average Bonchev–Trinajstić information content (AvgIpc) is 3.25. The largest absolute Gasteiger partial charge is 0.504 e. The Morgan fingerprint density at radius 3 is 2.55 bits per heavy atom. The number of hydrogen-bond acceptors (Lipinski definition) is 12. The highest BCUT2D eigenvalue weighted by Gasteiger charge is 2.72. The van der Waals surface area contributed by atoms with Crippen molar-refractivity contribution in [3.8, 4) is 11.5 Å². The van der Waals surface area contributed by atoms with Crippen molar-refractivity contribution < 1.29 is 58.6 Å². The van der Waals surface area contributed by atoms with Crippen molar-refractivity contribution in [3.05, 3.63) is 35.1 Å². The highest BCUT2D eigenvalue weighted by Crippen LogP contribution is 2.65. The second kappa shape index (κ2) is 9.75. The molecule has 0 saturated carbocycles. The number of carbonyl (C=O) groups is 4. The first-order valence-corrected chi connectivity index (χ1v) is 13.0. The van der Waals surface area contributed by atoms with Crippen molar-refractivity contribution in [2.24, 2.45) is 0 Å². The summed E-state index contributed by atoms with van der Waals surface area (Å²) in [7, 11) is 1.94. The molecule has 1 spiro atoms. The first-order valence-electron chi connectivity index (χ1n) is 13.0. The smallest absolute Gasteiger partial charge is 0.347 e. The highest BCUT2D eigenvalue weighted by atomic mass is 16.6. The predicted molar refractivity (Wildman–Crippen MR) is 132 cm³/mol. The summed E-state index contributed by atoms with van der Waals surface area (Å²) in [6.45, 7) is 2.89. The van der Waals surface area contributed by atoms with Crippen LogP contribution in [0.1, 0.15) is 44.2 Å². The molecule has 7 atom stereocenters. The number of aromatic hydroxyl groups is 1. The Kier molecular flexibility index (Phi) is 6.79. The number of esters is 3. The van der Waals surface area contributed by atoms with E-state index in [1.54, 1.807) is 12.1 Å². The first kappa shape index (κ1) is 27.9. The molecule has 0 aromatic heterocycles. The van der Waals surface area contributed by atoms with Gasteiger partial charge in [-0.15, -0.1) is 0 Å². The van der Waals surface area contributed by atoms with E-state index < -0.39 is 65.7 Å². The number of nitrogens with zero attached hydrogens (tertiary/aromatic N) is 1. The highest BCUT2D eigenvalue weighted by molar-refractivity contribution is 5.85. The molecule has 1 saturated heterocycles. The van der Waals surface area contributed by atoms with Crippen molar-refractivity contribution >= 4 is 23.9 Å². The number of ether oxygens (including phenoxy) is 4. The van der Waals surface area contributed by atoms with Crippen LogP contribution in [-0.2, 0) is 45.2 Å². The molecule has 1 fully saturated rings. The minimum absolute atomic E-state index is 0.0866. The lowest BCUT2D eigenvalue weighted by Crippen LogP contribution is -2.74. The van der Waals surface area contributed by atoms with Gasteiger partial charge in [0.1, 0.15) is 5.76 Å². The summed E-state index contributed by atoms with van der Waals surface area (Å²) in [6, 6.07) is 3.13. The van der Waals surface area contributed by atoms with Crippen LogP contribution in [0.25, 0.3) is 0 Å². The molecule has 0 unspecified atom stereocenters. The number of hydrogen-bond donors (Lipinski definition) is 4. The van der Waals surface area contributed by atoms with Crippen LogP contribution in [0, 0.1) is 0 Å². The topological polar surface area (TPSA) is 189 Å². The monoisotopic (exact) mass is 561 g/mol. The van der Waals surface area contributed by atoms with E-state index in [9.17, 15) is 34.5 Å². The van der Waals surface area contributed by atoms with Gasteiger partial charge in [0.15, 0.2) is 35.9 Å². The normalized spacial score (nSPS) is 30.1. The van der Waals surface area contributed by atoms with E-state index in [1.165, 1.54) is 0 Å². The Balaban J connectivity index is 1.30. The maximum absolute atomic E-state index is 12.8. The molecule has 4 N–H and O–H groups in total. The van der Waals surface area contributed by atoms with Crippen molar-refractivity contribution in [1.29, 1.82) is 0 Å². The van der Waals surface area contributed by atoms with Crippen molar-refractivity contribution in [1.82, 2.24) is 4.90 Å². The third kappa shape index (κ3) is 4.11. The molecule has 1 aromatic rings. The van der Waals surface area contributed by atoms with E-state index in [0.29, 0.717) is 24.9 Å². The van der Waals surface area contributed by atoms with Gasteiger partial charge in [-0.3, -0.25) is 4.79 Å². The molecular formula is C27H31NO12. The summed E-state index contributed by atoms with van der Waals surface area (Å²) in [5.74, 6) is -4.57. The number of carbonyl (C=O) groups excluding carboxylic acids is 3. The lowest BCUT2D eigenvalue weighted by atomic mass is 9.50. The Morgan fingerprint density at radius 1 is 1.15 bits per heavy atom. The number of carboxylic acid groups (broad SMARTS) is 1. The predicted octanol–water partition coefficient (Wildman–Crippen LogP) is -0.0879. The van der Waals surface area contributed by atoms with Crippen LogP contribution in [0.2, 0.25) is 0 Å². The van der Waals surface area contributed by atoms with E-state index in [0.717, 1.165) is 19.4 Å². The van der Waals surface area contributed by atoms with Crippen molar-refractivity contribution in [2.45, 2.75) is 81.0 Å². The fraction of sp³-hybridized carbons (Fsp3) is 0.556. The lowest BCUT2D eigenvalue weighted by Gasteiger charge is -2.61. The minimum atomic E-state index is -1.99. The summed E-state index contributed by atoms with van der Waals surface area (Å²) in [6.07, 6.45) is -3.99. The van der Waals surface area contributed by atoms with E-state index in [1.807, 2.05) is 13.1 Å². The van der Waals surface area contributed by atoms with Gasteiger partial charge >= 0.3 is 23.9 Å². The number of carboxylic acids is 1. The lowest BCUT2D eigenvalue weighted by molar-refractivity contribution is -0.179. The van der Waals surface area contributed by atoms with Crippen LogP contribution in [-0.4, -0.2) is 98.9 Å². The molecule has 2 bridgehead atoms. The zero-order valence-corrected chi connectivity index (χ0v) is 22.2. The maximum Gasteiger partial charge on any atom is 0.347 e. The van der Waals surface area contributed by atoms with Gasteiger partial charge in [0, 0.05) is 18.0 Å². The summed E-state index contributed by atoms with van der Waals surface area (Å²) in [5, 5.41) is 41.7. The molecule has 0 amide bonds. The number of aliphatic hydroxyl groups excluding tert-OH is 1. The standard InChI is InChI=1S/C27H31NO12/c1-12(23(32)33)37-24(34)13(2)38-25(35)16(30)11-19(31)39-17-6-7-27(36)18-10-14-4-5-15(29)21-20(14)26(27,22(17)40-21)8-9-28(18)3/h4-6,12-13,16,18,22,29-30,36H,7-11H2,1-3H3,(H,32,33)/t12-,13-,16-,18-,22-,26-,27+/m0/s1. The van der Waals surface area contributed by atoms with Gasteiger partial charge in [-0.1, -0.05) is 6.07 Å². The number of phenolic OH excluding ortho intramolecular Hbond substituents is 1. The Morgan fingerprint density at radius 2 is 1.85 bits per heavy atom. The Hall–Kier alpha value is -3.68. The van der Waals surface area contributed by atoms with Gasteiger partial charge in [-0.05, 0) is 58.0 Å². The van der Waals surface area contributed by atoms with Crippen LogP contribution >= 0.6 is 0 Å². The summed E-state index contributed by atoms with van der Waals surface area (Å²) < 4.78 is 21.2. The molecule has 216 valence electrons. The number of aliphatic carboxylic acids is 1.